The van der Waals surface area contributed by atoms with Crippen LogP contribution in [0.25, 0.3) is 0 Å². The Morgan fingerprint density at radius 2 is 1.95 bits per heavy atom. The Hall–Kier alpha value is -1.62. The Balaban J connectivity index is 2.90. The van der Waals surface area contributed by atoms with Crippen LogP contribution in [0.2, 0.25) is 0 Å². The van der Waals surface area contributed by atoms with Crippen LogP contribution in [0.3, 0.4) is 0 Å². The first-order valence-corrected chi connectivity index (χ1v) is 6.80. The number of amides is 1. The number of halogens is 1. The summed E-state index contributed by atoms with van der Waals surface area (Å²) in [6.45, 7) is 6.00. The summed E-state index contributed by atoms with van der Waals surface area (Å²) in [6.07, 6.45) is 0. The number of anilines is 1. The second kappa shape index (κ2) is 7.24. The SMILES string of the molecule is CC(C)CN(CCN(C)C)C(=O)c1ccc(N)cc1F. The van der Waals surface area contributed by atoms with Crippen molar-refractivity contribution >= 4 is 11.6 Å². The molecule has 0 atom stereocenters. The number of hydrogen-bond acceptors (Lipinski definition) is 3. The maximum atomic E-state index is 13.9. The Bertz CT molecular complexity index is 460. The number of carbonyl (C=O) groups is 1. The molecule has 0 fully saturated rings. The van der Waals surface area contributed by atoms with Crippen molar-refractivity contribution in [2.45, 2.75) is 13.8 Å². The minimum Gasteiger partial charge on any atom is -0.399 e. The van der Waals surface area contributed by atoms with E-state index in [0.29, 0.717) is 24.7 Å². The molecule has 4 nitrogen and oxygen atoms in total. The van der Waals surface area contributed by atoms with E-state index >= 15 is 0 Å². The van der Waals surface area contributed by atoms with E-state index in [1.54, 1.807) is 11.0 Å². The average molecular weight is 281 g/mol. The standard InChI is InChI=1S/C15H24FN3O/c1-11(2)10-19(8-7-18(3)4)15(20)13-6-5-12(17)9-14(13)16/h5-6,9,11H,7-8,10,17H2,1-4H3. The number of benzene rings is 1. The number of nitrogens with zero attached hydrogens (tertiary/aromatic N) is 2. The van der Waals surface area contributed by atoms with Crippen molar-refractivity contribution in [2.75, 3.05) is 39.5 Å². The molecule has 20 heavy (non-hydrogen) atoms. The fraction of sp³-hybridized carbons (Fsp3) is 0.533. The Labute approximate surface area is 120 Å². The van der Waals surface area contributed by atoms with Gasteiger partial charge in [-0.15, -0.1) is 0 Å². The molecule has 1 amide bonds. The van der Waals surface area contributed by atoms with Crippen molar-refractivity contribution in [3.8, 4) is 0 Å². The van der Waals surface area contributed by atoms with Gasteiger partial charge in [0.25, 0.3) is 5.91 Å². The van der Waals surface area contributed by atoms with Gasteiger partial charge in [-0.3, -0.25) is 4.79 Å². The van der Waals surface area contributed by atoms with E-state index in [2.05, 4.69) is 0 Å². The largest absolute Gasteiger partial charge is 0.399 e. The zero-order valence-corrected chi connectivity index (χ0v) is 12.7. The van der Waals surface area contributed by atoms with Crippen molar-refractivity contribution in [3.05, 3.63) is 29.6 Å². The molecule has 0 heterocycles. The lowest BCUT2D eigenvalue weighted by Gasteiger charge is -2.26. The zero-order valence-electron chi connectivity index (χ0n) is 12.7. The Kier molecular flexibility index (Phi) is 5.95. The first-order valence-electron chi connectivity index (χ1n) is 6.80. The van der Waals surface area contributed by atoms with Gasteiger partial charge in [-0.05, 0) is 38.2 Å². The third-order valence-corrected chi connectivity index (χ3v) is 2.91. The highest BCUT2D eigenvalue weighted by Gasteiger charge is 2.20. The smallest absolute Gasteiger partial charge is 0.256 e. The Morgan fingerprint density at radius 3 is 2.45 bits per heavy atom. The fourth-order valence-corrected chi connectivity index (χ4v) is 1.91. The molecule has 0 aromatic heterocycles. The molecule has 0 saturated heterocycles. The molecule has 0 radical (unpaired) electrons. The summed E-state index contributed by atoms with van der Waals surface area (Å²) in [5.41, 5.74) is 5.92. The van der Waals surface area contributed by atoms with Crippen LogP contribution < -0.4 is 5.73 Å². The van der Waals surface area contributed by atoms with E-state index in [0.717, 1.165) is 6.54 Å². The van der Waals surface area contributed by atoms with Crippen LogP contribution >= 0.6 is 0 Å². The van der Waals surface area contributed by atoms with Crippen molar-refractivity contribution in [1.29, 1.82) is 0 Å². The molecule has 0 spiro atoms. The van der Waals surface area contributed by atoms with Gasteiger partial charge in [0.2, 0.25) is 0 Å². The van der Waals surface area contributed by atoms with Gasteiger partial charge in [0.05, 0.1) is 5.56 Å². The van der Waals surface area contributed by atoms with Crippen LogP contribution in [0.1, 0.15) is 24.2 Å². The van der Waals surface area contributed by atoms with Gasteiger partial charge >= 0.3 is 0 Å². The van der Waals surface area contributed by atoms with Crippen LogP contribution in [-0.4, -0.2) is 49.4 Å². The van der Waals surface area contributed by atoms with Crippen molar-refractivity contribution in [1.82, 2.24) is 9.80 Å². The minimum atomic E-state index is -0.561. The highest BCUT2D eigenvalue weighted by atomic mass is 19.1. The molecule has 0 aliphatic rings. The molecule has 0 aliphatic carbocycles. The molecule has 5 heteroatoms. The predicted molar refractivity (Wildman–Crippen MR) is 80.1 cm³/mol. The molecule has 1 aromatic carbocycles. The van der Waals surface area contributed by atoms with Gasteiger partial charge in [0.15, 0.2) is 0 Å². The average Bonchev–Trinajstić information content (AvgIpc) is 2.33. The molecule has 0 aliphatic heterocycles. The van der Waals surface area contributed by atoms with E-state index in [9.17, 15) is 9.18 Å². The van der Waals surface area contributed by atoms with Crippen LogP contribution in [0.4, 0.5) is 10.1 Å². The maximum Gasteiger partial charge on any atom is 0.256 e. The fourth-order valence-electron chi connectivity index (χ4n) is 1.91. The van der Waals surface area contributed by atoms with Crippen LogP contribution in [0, 0.1) is 11.7 Å². The summed E-state index contributed by atoms with van der Waals surface area (Å²) >= 11 is 0. The molecular weight excluding hydrogens is 257 g/mol. The molecule has 1 rings (SSSR count). The summed E-state index contributed by atoms with van der Waals surface area (Å²) in [4.78, 5) is 16.1. The highest BCUT2D eigenvalue weighted by Crippen LogP contribution is 2.15. The lowest BCUT2D eigenvalue weighted by atomic mass is 10.1. The number of hydrogen-bond donors (Lipinski definition) is 1. The first kappa shape index (κ1) is 16.4. The molecule has 1 aromatic rings. The number of carbonyl (C=O) groups excluding carboxylic acids is 1. The molecule has 112 valence electrons. The third kappa shape index (κ3) is 4.81. The van der Waals surface area contributed by atoms with Crippen molar-refractivity contribution in [2.24, 2.45) is 5.92 Å². The summed E-state index contributed by atoms with van der Waals surface area (Å²) in [5.74, 6) is -0.510. The summed E-state index contributed by atoms with van der Waals surface area (Å²) in [6, 6.07) is 4.19. The summed E-state index contributed by atoms with van der Waals surface area (Å²) < 4.78 is 13.9. The summed E-state index contributed by atoms with van der Waals surface area (Å²) in [7, 11) is 3.89. The van der Waals surface area contributed by atoms with Gasteiger partial charge in [0.1, 0.15) is 5.82 Å². The normalized spacial score (nSPS) is 11.2. The quantitative estimate of drug-likeness (QED) is 0.812. The van der Waals surface area contributed by atoms with E-state index in [4.69, 9.17) is 5.73 Å². The Morgan fingerprint density at radius 1 is 1.30 bits per heavy atom. The second-order valence-electron chi connectivity index (χ2n) is 5.69. The lowest BCUT2D eigenvalue weighted by Crippen LogP contribution is -2.39. The lowest BCUT2D eigenvalue weighted by molar-refractivity contribution is 0.0720. The summed E-state index contributed by atoms with van der Waals surface area (Å²) in [5, 5.41) is 0. The van der Waals surface area contributed by atoms with E-state index in [-0.39, 0.29) is 11.5 Å². The van der Waals surface area contributed by atoms with E-state index in [1.165, 1.54) is 12.1 Å². The van der Waals surface area contributed by atoms with Crippen molar-refractivity contribution in [3.63, 3.8) is 0 Å². The first-order chi connectivity index (χ1) is 9.31. The zero-order chi connectivity index (χ0) is 15.3. The molecule has 0 unspecified atom stereocenters. The van der Waals surface area contributed by atoms with E-state index < -0.39 is 5.82 Å². The number of rotatable bonds is 6. The van der Waals surface area contributed by atoms with Gasteiger partial charge in [-0.2, -0.15) is 0 Å². The van der Waals surface area contributed by atoms with Gasteiger partial charge < -0.3 is 15.5 Å². The molecule has 0 bridgehead atoms. The maximum absolute atomic E-state index is 13.9. The third-order valence-electron chi connectivity index (χ3n) is 2.91. The molecule has 0 saturated carbocycles. The van der Waals surface area contributed by atoms with Gasteiger partial charge in [0, 0.05) is 25.3 Å². The highest BCUT2D eigenvalue weighted by molar-refractivity contribution is 5.94. The molecule has 2 N–H and O–H groups in total. The topological polar surface area (TPSA) is 49.6 Å². The minimum absolute atomic E-state index is 0.0820. The number of nitrogen functional groups attached to an aromatic ring is 1. The van der Waals surface area contributed by atoms with Gasteiger partial charge in [-0.1, -0.05) is 13.8 Å². The number of nitrogens with two attached hydrogens (primary N) is 1. The van der Waals surface area contributed by atoms with Gasteiger partial charge in [-0.25, -0.2) is 4.39 Å². The van der Waals surface area contributed by atoms with Crippen LogP contribution in [0.15, 0.2) is 18.2 Å². The van der Waals surface area contributed by atoms with Crippen LogP contribution in [0.5, 0.6) is 0 Å². The van der Waals surface area contributed by atoms with Crippen molar-refractivity contribution < 1.29 is 9.18 Å². The predicted octanol–water partition coefficient (Wildman–Crippen LogP) is 2.07. The second-order valence-corrected chi connectivity index (χ2v) is 5.69. The molecular formula is C15H24FN3O. The van der Waals surface area contributed by atoms with Crippen LogP contribution in [-0.2, 0) is 0 Å². The number of likely N-dealkylation sites (N-methyl/N-ethyl adjacent to an activating group) is 1. The van der Waals surface area contributed by atoms with E-state index in [1.807, 2.05) is 32.8 Å². The monoisotopic (exact) mass is 281 g/mol.